The number of rotatable bonds is 12. The minimum Gasteiger partial charge on any atom is -0.460 e. The molecule has 2 amide bonds. The number of carbonyl (C=O) groups excluding carboxylic acids is 3. The van der Waals surface area contributed by atoms with Crippen LogP contribution < -0.4 is 10.6 Å². The first-order valence-corrected chi connectivity index (χ1v) is 11.0. The highest BCUT2D eigenvalue weighted by Crippen LogP contribution is 2.17. The Hall–Kier alpha value is -2.41. The van der Waals surface area contributed by atoms with Gasteiger partial charge in [-0.2, -0.15) is 0 Å². The number of hydrogen-bond acceptors (Lipinski definition) is 5. The Morgan fingerprint density at radius 2 is 1.71 bits per heavy atom. The van der Waals surface area contributed by atoms with Crippen LogP contribution in [0.4, 0.5) is 0 Å². The van der Waals surface area contributed by atoms with E-state index in [1.165, 1.54) is 5.56 Å². The van der Waals surface area contributed by atoms with E-state index in [4.69, 9.17) is 4.74 Å². The number of carbonyl (C=O) groups is 3. The molecule has 0 aromatic heterocycles. The summed E-state index contributed by atoms with van der Waals surface area (Å²) in [4.78, 5) is 37.1. The van der Waals surface area contributed by atoms with Crippen molar-refractivity contribution in [2.24, 2.45) is 11.8 Å². The van der Waals surface area contributed by atoms with Crippen LogP contribution in [0.3, 0.4) is 0 Å². The summed E-state index contributed by atoms with van der Waals surface area (Å²) in [7, 11) is 0. The third kappa shape index (κ3) is 11.5. The molecule has 7 nitrogen and oxygen atoms in total. The number of nitrogens with one attached hydrogen (secondary N) is 2. The van der Waals surface area contributed by atoms with Gasteiger partial charge < -0.3 is 20.5 Å². The summed E-state index contributed by atoms with van der Waals surface area (Å²) < 4.78 is 5.25. The predicted molar refractivity (Wildman–Crippen MR) is 120 cm³/mol. The Morgan fingerprint density at radius 3 is 2.26 bits per heavy atom. The predicted octanol–water partition coefficient (Wildman–Crippen LogP) is 2.61. The molecule has 1 rings (SSSR count). The average molecular weight is 435 g/mol. The largest absolute Gasteiger partial charge is 0.460 e. The highest BCUT2D eigenvalue weighted by molar-refractivity contribution is 5.86. The molecule has 31 heavy (non-hydrogen) atoms. The van der Waals surface area contributed by atoms with E-state index in [1.54, 1.807) is 20.8 Å². The van der Waals surface area contributed by atoms with Gasteiger partial charge in [-0.25, -0.2) is 0 Å². The van der Waals surface area contributed by atoms with Gasteiger partial charge in [0, 0.05) is 18.9 Å². The van der Waals surface area contributed by atoms with Crippen LogP contribution in [0, 0.1) is 11.8 Å². The number of ether oxygens (including phenoxy) is 1. The van der Waals surface area contributed by atoms with E-state index in [1.807, 2.05) is 32.0 Å². The smallest absolute Gasteiger partial charge is 0.308 e. The number of amides is 2. The van der Waals surface area contributed by atoms with Crippen LogP contribution in [0.15, 0.2) is 30.3 Å². The van der Waals surface area contributed by atoms with E-state index in [-0.39, 0.29) is 37.2 Å². The SMILES string of the molecule is CC(C)[C@H](CC(=O)NCCCc1ccccc1)C(=O)N[C@H](CO)CC(=O)OC(C)(C)C. The fraction of sp³-hybridized carbons (Fsp3) is 0.625. The van der Waals surface area contributed by atoms with Crippen molar-refractivity contribution >= 4 is 17.8 Å². The van der Waals surface area contributed by atoms with Crippen molar-refractivity contribution in [1.29, 1.82) is 0 Å². The van der Waals surface area contributed by atoms with Crippen molar-refractivity contribution in [2.75, 3.05) is 13.2 Å². The quantitative estimate of drug-likeness (QED) is 0.346. The summed E-state index contributed by atoms with van der Waals surface area (Å²) in [6.45, 7) is 9.16. The molecule has 0 saturated carbocycles. The van der Waals surface area contributed by atoms with Crippen molar-refractivity contribution in [2.45, 2.75) is 71.9 Å². The highest BCUT2D eigenvalue weighted by Gasteiger charge is 2.28. The Kier molecular flexibility index (Phi) is 11.3. The van der Waals surface area contributed by atoms with Crippen molar-refractivity contribution < 1.29 is 24.2 Å². The van der Waals surface area contributed by atoms with Crippen molar-refractivity contribution in [1.82, 2.24) is 10.6 Å². The highest BCUT2D eigenvalue weighted by atomic mass is 16.6. The average Bonchev–Trinajstić information content (AvgIpc) is 2.67. The molecule has 0 aliphatic heterocycles. The molecule has 0 spiro atoms. The van der Waals surface area contributed by atoms with Crippen LogP contribution in [0.2, 0.25) is 0 Å². The number of esters is 1. The molecule has 174 valence electrons. The molecule has 1 aromatic rings. The second-order valence-electron chi connectivity index (χ2n) is 9.17. The van der Waals surface area contributed by atoms with Crippen molar-refractivity contribution in [3.63, 3.8) is 0 Å². The van der Waals surface area contributed by atoms with E-state index < -0.39 is 23.5 Å². The third-order valence-electron chi connectivity index (χ3n) is 4.75. The first-order valence-electron chi connectivity index (χ1n) is 11.0. The molecule has 0 saturated heterocycles. The molecule has 0 unspecified atom stereocenters. The zero-order valence-corrected chi connectivity index (χ0v) is 19.4. The Labute approximate surface area is 185 Å². The number of aliphatic hydroxyl groups is 1. The van der Waals surface area contributed by atoms with Gasteiger partial charge in [-0.05, 0) is 45.1 Å². The van der Waals surface area contributed by atoms with Crippen LogP contribution in [0.1, 0.15) is 59.4 Å². The zero-order chi connectivity index (χ0) is 23.4. The van der Waals surface area contributed by atoms with Gasteiger partial charge in [0.05, 0.1) is 19.1 Å². The van der Waals surface area contributed by atoms with Crippen LogP contribution in [0.25, 0.3) is 0 Å². The monoisotopic (exact) mass is 434 g/mol. The maximum Gasteiger partial charge on any atom is 0.308 e. The summed E-state index contributed by atoms with van der Waals surface area (Å²) in [5.41, 5.74) is 0.580. The molecular weight excluding hydrogens is 396 g/mol. The molecule has 0 aliphatic rings. The zero-order valence-electron chi connectivity index (χ0n) is 19.4. The van der Waals surface area contributed by atoms with Gasteiger partial charge in [0.15, 0.2) is 0 Å². The minimum absolute atomic E-state index is 0.0550. The van der Waals surface area contributed by atoms with Crippen LogP contribution in [-0.4, -0.2) is 47.7 Å². The first-order chi connectivity index (χ1) is 14.5. The minimum atomic E-state index is -0.752. The van der Waals surface area contributed by atoms with Gasteiger partial charge in [0.1, 0.15) is 5.60 Å². The third-order valence-corrected chi connectivity index (χ3v) is 4.75. The molecule has 2 atom stereocenters. The van der Waals surface area contributed by atoms with Gasteiger partial charge in [-0.1, -0.05) is 44.2 Å². The fourth-order valence-electron chi connectivity index (χ4n) is 3.12. The number of aryl methyl sites for hydroxylation is 1. The maximum absolute atomic E-state index is 12.7. The lowest BCUT2D eigenvalue weighted by Gasteiger charge is -2.25. The van der Waals surface area contributed by atoms with Crippen LogP contribution in [-0.2, 0) is 25.5 Å². The molecule has 3 N–H and O–H groups in total. The Morgan fingerprint density at radius 1 is 1.06 bits per heavy atom. The Balaban J connectivity index is 2.49. The number of aliphatic hydroxyl groups excluding tert-OH is 1. The molecule has 0 radical (unpaired) electrons. The van der Waals surface area contributed by atoms with Crippen molar-refractivity contribution in [3.8, 4) is 0 Å². The van der Waals surface area contributed by atoms with Gasteiger partial charge in [0.2, 0.25) is 11.8 Å². The lowest BCUT2D eigenvalue weighted by atomic mass is 9.91. The van der Waals surface area contributed by atoms with Gasteiger partial charge in [0.25, 0.3) is 0 Å². The Bertz CT molecular complexity index is 698. The summed E-state index contributed by atoms with van der Waals surface area (Å²) >= 11 is 0. The van der Waals surface area contributed by atoms with E-state index in [0.29, 0.717) is 6.54 Å². The first kappa shape index (κ1) is 26.6. The molecule has 1 aromatic carbocycles. The fourth-order valence-corrected chi connectivity index (χ4v) is 3.12. The van der Waals surface area contributed by atoms with Gasteiger partial charge in [-0.15, -0.1) is 0 Å². The van der Waals surface area contributed by atoms with E-state index in [9.17, 15) is 19.5 Å². The van der Waals surface area contributed by atoms with E-state index in [2.05, 4.69) is 22.8 Å². The van der Waals surface area contributed by atoms with Gasteiger partial charge >= 0.3 is 5.97 Å². The normalized spacial score (nSPS) is 13.4. The molecule has 0 bridgehead atoms. The lowest BCUT2D eigenvalue weighted by molar-refractivity contribution is -0.155. The second-order valence-corrected chi connectivity index (χ2v) is 9.17. The summed E-state index contributed by atoms with van der Waals surface area (Å²) in [6.07, 6.45) is 1.62. The second kappa shape index (κ2) is 13.1. The summed E-state index contributed by atoms with van der Waals surface area (Å²) in [5, 5.41) is 15.1. The lowest BCUT2D eigenvalue weighted by Crippen LogP contribution is -2.45. The van der Waals surface area contributed by atoms with Crippen molar-refractivity contribution in [3.05, 3.63) is 35.9 Å². The van der Waals surface area contributed by atoms with E-state index in [0.717, 1.165) is 12.8 Å². The molecule has 0 aliphatic carbocycles. The maximum atomic E-state index is 12.7. The molecule has 0 fully saturated rings. The topological polar surface area (TPSA) is 105 Å². The van der Waals surface area contributed by atoms with Crippen LogP contribution >= 0.6 is 0 Å². The molecule has 7 heteroatoms. The van der Waals surface area contributed by atoms with Crippen LogP contribution in [0.5, 0.6) is 0 Å². The standard InChI is InChI=1S/C24H38N2O5/c1-17(2)20(15-21(28)25-13-9-12-18-10-7-6-8-11-18)23(30)26-19(16-27)14-22(29)31-24(3,4)5/h6-8,10-11,17,19-20,27H,9,12-16H2,1-5H3,(H,25,28)(H,26,30)/t19-,20-/m0/s1. The molecule has 0 heterocycles. The van der Waals surface area contributed by atoms with Gasteiger partial charge in [-0.3, -0.25) is 14.4 Å². The molecular formula is C24H38N2O5. The summed E-state index contributed by atoms with van der Waals surface area (Å²) in [5.74, 6) is -1.66. The summed E-state index contributed by atoms with van der Waals surface area (Å²) in [6, 6.07) is 9.30. The van der Waals surface area contributed by atoms with E-state index >= 15 is 0 Å². The number of hydrogen-bond donors (Lipinski definition) is 3. The number of benzene rings is 1.